The van der Waals surface area contributed by atoms with Crippen molar-refractivity contribution in [2.24, 2.45) is 5.73 Å². The summed E-state index contributed by atoms with van der Waals surface area (Å²) in [5, 5.41) is 14.2. The smallest absolute Gasteiger partial charge is 0.299 e. The zero-order valence-electron chi connectivity index (χ0n) is 6.75. The molecular weight excluding hydrogens is 160 g/mol. The maximum absolute atomic E-state index is 8.46. The van der Waals surface area contributed by atoms with Crippen molar-refractivity contribution in [1.82, 2.24) is 0 Å². The summed E-state index contributed by atoms with van der Waals surface area (Å²) in [7, 11) is 0. The zero-order chi connectivity index (χ0) is 8.53. The van der Waals surface area contributed by atoms with Gasteiger partial charge in [-0.1, -0.05) is 12.8 Å². The Morgan fingerprint density at radius 1 is 1.27 bits per heavy atom. The fourth-order valence-electron chi connectivity index (χ4n) is 0.757. The first-order chi connectivity index (χ1) is 5.27. The minimum atomic E-state index is 0.304. The van der Waals surface area contributed by atoms with E-state index in [2.05, 4.69) is 0 Å². The van der Waals surface area contributed by atoms with Crippen LogP contribution in [0, 0.1) is 0 Å². The average Bonchev–Trinajstić information content (AvgIpc) is 1.96. The van der Waals surface area contributed by atoms with E-state index in [1.807, 2.05) is 0 Å². The van der Waals surface area contributed by atoms with Gasteiger partial charge < -0.3 is 5.11 Å². The number of aliphatic hydroxyl groups is 1. The first kappa shape index (κ1) is 10.8. The molecule has 0 bridgehead atoms. The predicted octanol–water partition coefficient (Wildman–Crippen LogP) is -0.654. The molecule has 5 N–H and O–H groups in total. The molecule has 0 aromatic rings. The Hall–Kier alpha value is -0.220. The molecule has 0 heterocycles. The van der Waals surface area contributed by atoms with E-state index in [4.69, 9.17) is 16.2 Å². The predicted molar refractivity (Wildman–Crippen MR) is 49.1 cm³/mol. The van der Waals surface area contributed by atoms with Gasteiger partial charge in [-0.15, -0.1) is 0 Å². The second-order valence-electron chi connectivity index (χ2n) is 2.39. The van der Waals surface area contributed by atoms with Crippen LogP contribution in [0.2, 0.25) is 0 Å². The molecule has 0 amide bonds. The van der Waals surface area contributed by atoms with Crippen LogP contribution in [-0.4, -0.2) is 22.6 Å². The Kier molecular flexibility index (Phi) is 7.72. The Morgan fingerprint density at radius 3 is 2.45 bits per heavy atom. The summed E-state index contributed by atoms with van der Waals surface area (Å²) in [5.41, 5.74) is 5.25. The third kappa shape index (κ3) is 9.78. The Bertz CT molecular complexity index is 109. The van der Waals surface area contributed by atoms with Gasteiger partial charge in [-0.2, -0.15) is 0 Å². The SMILES string of the molecule is NC(=[NH2+])SCCCCCCO. The van der Waals surface area contributed by atoms with Crippen LogP contribution in [0.3, 0.4) is 0 Å². The Labute approximate surface area is 71.9 Å². The zero-order valence-corrected chi connectivity index (χ0v) is 7.57. The fourth-order valence-corrected chi connectivity index (χ4v) is 1.34. The van der Waals surface area contributed by atoms with E-state index >= 15 is 0 Å². The summed E-state index contributed by atoms with van der Waals surface area (Å²) in [6.07, 6.45) is 4.29. The normalized spacial score (nSPS) is 9.91. The molecule has 0 aromatic carbocycles. The minimum Gasteiger partial charge on any atom is -0.396 e. The number of aliphatic hydroxyl groups excluding tert-OH is 1. The Morgan fingerprint density at radius 2 is 1.91 bits per heavy atom. The molecule has 0 saturated carbocycles. The number of hydrogen-bond acceptors (Lipinski definition) is 2. The lowest BCUT2D eigenvalue weighted by Gasteiger charge is -1.96. The number of unbranched alkanes of at least 4 members (excludes halogenated alkanes) is 3. The number of hydrogen-bond donors (Lipinski definition) is 3. The van der Waals surface area contributed by atoms with Crippen molar-refractivity contribution in [3.05, 3.63) is 0 Å². The third-order valence-electron chi connectivity index (χ3n) is 1.32. The van der Waals surface area contributed by atoms with E-state index in [1.54, 1.807) is 0 Å². The summed E-state index contributed by atoms with van der Waals surface area (Å²) in [5.74, 6) is 0.994. The van der Waals surface area contributed by atoms with Crippen LogP contribution in [0.1, 0.15) is 25.7 Å². The summed E-state index contributed by atoms with van der Waals surface area (Å²) in [6.45, 7) is 0.304. The van der Waals surface area contributed by atoms with E-state index in [9.17, 15) is 0 Å². The van der Waals surface area contributed by atoms with Gasteiger partial charge in [0.1, 0.15) is 0 Å². The molecule has 11 heavy (non-hydrogen) atoms. The monoisotopic (exact) mass is 177 g/mol. The maximum atomic E-state index is 8.46. The highest BCUT2D eigenvalue weighted by molar-refractivity contribution is 8.13. The van der Waals surface area contributed by atoms with Gasteiger partial charge in [-0.3, -0.25) is 11.1 Å². The van der Waals surface area contributed by atoms with Gasteiger partial charge in [-0.05, 0) is 24.6 Å². The highest BCUT2D eigenvalue weighted by Gasteiger charge is 1.95. The molecule has 0 saturated heterocycles. The Balaban J connectivity index is 2.85. The van der Waals surface area contributed by atoms with Crippen LogP contribution in [0.25, 0.3) is 0 Å². The van der Waals surface area contributed by atoms with E-state index in [0.717, 1.165) is 31.4 Å². The molecule has 0 fully saturated rings. The molecule has 0 aromatic heterocycles. The van der Waals surface area contributed by atoms with Crippen LogP contribution in [0.5, 0.6) is 0 Å². The van der Waals surface area contributed by atoms with Gasteiger partial charge in [0.15, 0.2) is 0 Å². The minimum absolute atomic E-state index is 0.304. The van der Waals surface area contributed by atoms with Gasteiger partial charge in [0, 0.05) is 12.4 Å². The summed E-state index contributed by atoms with van der Waals surface area (Å²) >= 11 is 1.50. The quantitative estimate of drug-likeness (QED) is 0.287. The van der Waals surface area contributed by atoms with Gasteiger partial charge in [0.05, 0.1) is 0 Å². The molecule has 0 rings (SSSR count). The molecule has 0 spiro atoms. The third-order valence-corrected chi connectivity index (χ3v) is 2.15. The lowest BCUT2D eigenvalue weighted by atomic mass is 10.2. The molecular formula is C7H17N2OS+. The van der Waals surface area contributed by atoms with Gasteiger partial charge in [-0.25, -0.2) is 0 Å². The van der Waals surface area contributed by atoms with E-state index in [1.165, 1.54) is 11.8 Å². The highest BCUT2D eigenvalue weighted by Crippen LogP contribution is 2.05. The number of thioether (sulfide) groups is 1. The van der Waals surface area contributed by atoms with Crippen molar-refractivity contribution in [2.75, 3.05) is 12.4 Å². The molecule has 0 aliphatic heterocycles. The van der Waals surface area contributed by atoms with Crippen LogP contribution in [0.4, 0.5) is 0 Å². The second kappa shape index (κ2) is 7.88. The molecule has 0 unspecified atom stereocenters. The van der Waals surface area contributed by atoms with Crippen molar-refractivity contribution >= 4 is 16.9 Å². The first-order valence-electron chi connectivity index (χ1n) is 3.89. The molecule has 4 heteroatoms. The molecule has 0 radical (unpaired) electrons. The van der Waals surface area contributed by atoms with E-state index in [-0.39, 0.29) is 0 Å². The molecule has 0 aliphatic carbocycles. The fraction of sp³-hybridized carbons (Fsp3) is 0.857. The van der Waals surface area contributed by atoms with Crippen LogP contribution in [0.15, 0.2) is 0 Å². The summed E-state index contributed by atoms with van der Waals surface area (Å²) in [4.78, 5) is 0. The summed E-state index contributed by atoms with van der Waals surface area (Å²) in [6, 6.07) is 0. The number of rotatable bonds is 6. The van der Waals surface area contributed by atoms with Crippen LogP contribution >= 0.6 is 11.8 Å². The van der Waals surface area contributed by atoms with Crippen molar-refractivity contribution < 1.29 is 10.5 Å². The van der Waals surface area contributed by atoms with Gasteiger partial charge in [0.25, 0.3) is 5.17 Å². The van der Waals surface area contributed by atoms with Crippen molar-refractivity contribution in [2.45, 2.75) is 25.7 Å². The van der Waals surface area contributed by atoms with Crippen molar-refractivity contribution in [1.29, 1.82) is 0 Å². The standard InChI is InChI=1S/C7H16N2OS/c8-7(9)11-6-4-2-1-3-5-10/h10H,1-6H2,(H3,8,9)/p+1. The lowest BCUT2D eigenvalue weighted by Crippen LogP contribution is -2.43. The van der Waals surface area contributed by atoms with Crippen molar-refractivity contribution in [3.8, 4) is 0 Å². The van der Waals surface area contributed by atoms with E-state index in [0.29, 0.717) is 11.8 Å². The molecule has 0 atom stereocenters. The van der Waals surface area contributed by atoms with Crippen LogP contribution < -0.4 is 11.1 Å². The maximum Gasteiger partial charge on any atom is 0.299 e. The average molecular weight is 177 g/mol. The summed E-state index contributed by atoms with van der Waals surface area (Å²) < 4.78 is 0. The number of nitrogens with two attached hydrogens (primary N) is 2. The van der Waals surface area contributed by atoms with E-state index < -0.39 is 0 Å². The van der Waals surface area contributed by atoms with Gasteiger partial charge in [0.2, 0.25) is 0 Å². The lowest BCUT2D eigenvalue weighted by molar-refractivity contribution is -0.110. The molecule has 0 aliphatic rings. The van der Waals surface area contributed by atoms with Gasteiger partial charge >= 0.3 is 0 Å². The number of amidine groups is 1. The molecule has 66 valence electrons. The first-order valence-corrected chi connectivity index (χ1v) is 4.87. The van der Waals surface area contributed by atoms with Crippen LogP contribution in [-0.2, 0) is 0 Å². The highest BCUT2D eigenvalue weighted by atomic mass is 32.2. The van der Waals surface area contributed by atoms with Crippen molar-refractivity contribution in [3.63, 3.8) is 0 Å². The second-order valence-corrected chi connectivity index (χ2v) is 3.56. The molecule has 3 nitrogen and oxygen atoms in total. The topological polar surface area (TPSA) is 71.8 Å². The largest absolute Gasteiger partial charge is 0.396 e.